The highest BCUT2D eigenvalue weighted by atomic mass is 16.4. The Bertz CT molecular complexity index is 473. The molecule has 5 nitrogen and oxygen atoms in total. The van der Waals surface area contributed by atoms with Gasteiger partial charge in [-0.3, -0.25) is 14.8 Å². The third kappa shape index (κ3) is 1.95. The standard InChI is InChI=1S/C12H14N2O3/c1-8-6-11(15)13(2)14(8)10-5-3-4-9(7-10)12(16)17/h3-5,7-8H,6H2,1-2H3,(H,16,17). The molecule has 1 heterocycles. The highest BCUT2D eigenvalue weighted by Gasteiger charge is 2.32. The summed E-state index contributed by atoms with van der Waals surface area (Å²) < 4.78 is 0. The van der Waals surface area contributed by atoms with E-state index in [4.69, 9.17) is 5.11 Å². The molecule has 0 aromatic heterocycles. The lowest BCUT2D eigenvalue weighted by molar-refractivity contribution is -0.126. The Kier molecular flexibility index (Phi) is 2.75. The van der Waals surface area contributed by atoms with E-state index < -0.39 is 5.97 Å². The zero-order chi connectivity index (χ0) is 12.6. The number of anilines is 1. The molecule has 1 aromatic rings. The van der Waals surface area contributed by atoms with Crippen molar-refractivity contribution >= 4 is 17.6 Å². The smallest absolute Gasteiger partial charge is 0.335 e. The topological polar surface area (TPSA) is 60.9 Å². The lowest BCUT2D eigenvalue weighted by Crippen LogP contribution is -2.39. The summed E-state index contributed by atoms with van der Waals surface area (Å²) in [6, 6.07) is 6.65. The summed E-state index contributed by atoms with van der Waals surface area (Å²) >= 11 is 0. The second-order valence-corrected chi connectivity index (χ2v) is 4.17. The van der Waals surface area contributed by atoms with Crippen molar-refractivity contribution in [2.24, 2.45) is 0 Å². The minimum atomic E-state index is -0.965. The van der Waals surface area contributed by atoms with Crippen LogP contribution in [0.5, 0.6) is 0 Å². The predicted octanol–water partition coefficient (Wildman–Crippen LogP) is 1.36. The summed E-state index contributed by atoms with van der Waals surface area (Å²) in [6.07, 6.45) is 0.452. The van der Waals surface area contributed by atoms with Crippen LogP contribution in [-0.2, 0) is 4.79 Å². The maximum absolute atomic E-state index is 11.6. The fourth-order valence-electron chi connectivity index (χ4n) is 2.10. The van der Waals surface area contributed by atoms with Crippen LogP contribution in [0.4, 0.5) is 5.69 Å². The van der Waals surface area contributed by atoms with Gasteiger partial charge in [0.05, 0.1) is 23.7 Å². The molecule has 1 fully saturated rings. The van der Waals surface area contributed by atoms with E-state index in [1.54, 1.807) is 25.2 Å². The Hall–Kier alpha value is -2.04. The number of carbonyl (C=O) groups excluding carboxylic acids is 1. The summed E-state index contributed by atoms with van der Waals surface area (Å²) in [4.78, 5) is 22.5. The number of hydrogen-bond donors (Lipinski definition) is 1. The summed E-state index contributed by atoms with van der Waals surface area (Å²) in [5, 5.41) is 12.3. The molecule has 0 saturated carbocycles. The average Bonchev–Trinajstić information content (AvgIpc) is 2.53. The van der Waals surface area contributed by atoms with Crippen molar-refractivity contribution in [3.63, 3.8) is 0 Å². The first-order valence-corrected chi connectivity index (χ1v) is 5.40. The molecule has 1 amide bonds. The molecule has 1 saturated heterocycles. The number of aromatic carboxylic acids is 1. The molecular formula is C12H14N2O3. The number of carboxylic acid groups (broad SMARTS) is 1. The monoisotopic (exact) mass is 234 g/mol. The minimum Gasteiger partial charge on any atom is -0.478 e. The third-order valence-corrected chi connectivity index (χ3v) is 2.93. The molecular weight excluding hydrogens is 220 g/mol. The van der Waals surface area contributed by atoms with Crippen LogP contribution in [0, 0.1) is 0 Å². The van der Waals surface area contributed by atoms with Gasteiger partial charge in [-0.2, -0.15) is 0 Å². The molecule has 1 unspecified atom stereocenters. The molecule has 0 aliphatic carbocycles. The largest absolute Gasteiger partial charge is 0.478 e. The van der Waals surface area contributed by atoms with Gasteiger partial charge in [0.15, 0.2) is 0 Å². The van der Waals surface area contributed by atoms with Gasteiger partial charge < -0.3 is 5.11 Å². The van der Waals surface area contributed by atoms with Crippen LogP contribution in [-0.4, -0.2) is 35.1 Å². The molecule has 2 rings (SSSR count). The van der Waals surface area contributed by atoms with Crippen LogP contribution < -0.4 is 5.01 Å². The van der Waals surface area contributed by atoms with Crippen molar-refractivity contribution in [3.8, 4) is 0 Å². The Morgan fingerprint density at radius 2 is 2.18 bits per heavy atom. The molecule has 1 aliphatic rings. The maximum Gasteiger partial charge on any atom is 0.335 e. The molecule has 5 heteroatoms. The second-order valence-electron chi connectivity index (χ2n) is 4.17. The van der Waals surface area contributed by atoms with E-state index in [9.17, 15) is 9.59 Å². The number of amides is 1. The van der Waals surface area contributed by atoms with Crippen LogP contribution >= 0.6 is 0 Å². The summed E-state index contributed by atoms with van der Waals surface area (Å²) in [5.41, 5.74) is 0.952. The zero-order valence-corrected chi connectivity index (χ0v) is 9.75. The van der Waals surface area contributed by atoms with Crippen molar-refractivity contribution in [3.05, 3.63) is 29.8 Å². The van der Waals surface area contributed by atoms with Gasteiger partial charge >= 0.3 is 5.97 Å². The van der Waals surface area contributed by atoms with E-state index in [-0.39, 0.29) is 17.5 Å². The summed E-state index contributed by atoms with van der Waals surface area (Å²) in [6.45, 7) is 1.94. The molecule has 1 aromatic carbocycles. The SMILES string of the molecule is CC1CC(=O)N(C)N1c1cccc(C(=O)O)c1. The van der Waals surface area contributed by atoms with Gasteiger partial charge in [0.1, 0.15) is 0 Å². The lowest BCUT2D eigenvalue weighted by Gasteiger charge is -2.29. The Morgan fingerprint density at radius 1 is 1.47 bits per heavy atom. The van der Waals surface area contributed by atoms with Crippen LogP contribution in [0.1, 0.15) is 23.7 Å². The number of hydrazine groups is 1. The van der Waals surface area contributed by atoms with E-state index in [0.717, 1.165) is 5.69 Å². The number of benzene rings is 1. The second kappa shape index (κ2) is 4.08. The number of rotatable bonds is 2. The highest BCUT2D eigenvalue weighted by molar-refractivity contribution is 5.89. The first-order chi connectivity index (χ1) is 8.00. The van der Waals surface area contributed by atoms with E-state index in [1.807, 2.05) is 11.9 Å². The fourth-order valence-corrected chi connectivity index (χ4v) is 2.10. The predicted molar refractivity (Wildman–Crippen MR) is 62.7 cm³/mol. The Labute approximate surface area is 99.2 Å². The van der Waals surface area contributed by atoms with Gasteiger partial charge in [0, 0.05) is 7.05 Å². The molecule has 0 spiro atoms. The van der Waals surface area contributed by atoms with E-state index >= 15 is 0 Å². The van der Waals surface area contributed by atoms with E-state index in [0.29, 0.717) is 6.42 Å². The van der Waals surface area contributed by atoms with Crippen molar-refractivity contribution in [2.45, 2.75) is 19.4 Å². The number of hydrogen-bond acceptors (Lipinski definition) is 3. The van der Waals surface area contributed by atoms with E-state index in [1.165, 1.54) is 11.1 Å². The normalized spacial score (nSPS) is 19.9. The van der Waals surface area contributed by atoms with Gasteiger partial charge in [0.25, 0.3) is 0 Å². The van der Waals surface area contributed by atoms with Gasteiger partial charge in [-0.05, 0) is 25.1 Å². The molecule has 1 atom stereocenters. The first kappa shape index (κ1) is 11.4. The third-order valence-electron chi connectivity index (χ3n) is 2.93. The highest BCUT2D eigenvalue weighted by Crippen LogP contribution is 2.26. The molecule has 17 heavy (non-hydrogen) atoms. The molecule has 90 valence electrons. The van der Waals surface area contributed by atoms with Gasteiger partial charge in [-0.25, -0.2) is 4.79 Å². The van der Waals surface area contributed by atoms with Crippen LogP contribution in [0.3, 0.4) is 0 Å². The molecule has 1 aliphatic heterocycles. The van der Waals surface area contributed by atoms with Crippen molar-refractivity contribution in [1.29, 1.82) is 0 Å². The molecule has 0 bridgehead atoms. The van der Waals surface area contributed by atoms with Crippen LogP contribution in [0.2, 0.25) is 0 Å². The van der Waals surface area contributed by atoms with Crippen LogP contribution in [0.15, 0.2) is 24.3 Å². The minimum absolute atomic E-state index is 0.0400. The lowest BCUT2D eigenvalue weighted by atomic mass is 10.2. The Morgan fingerprint density at radius 3 is 2.71 bits per heavy atom. The summed E-state index contributed by atoms with van der Waals surface area (Å²) in [5.74, 6) is -0.925. The summed E-state index contributed by atoms with van der Waals surface area (Å²) in [7, 11) is 1.69. The van der Waals surface area contributed by atoms with Gasteiger partial charge in [-0.1, -0.05) is 6.07 Å². The Balaban J connectivity index is 2.37. The number of carboxylic acids is 1. The van der Waals surface area contributed by atoms with E-state index in [2.05, 4.69) is 0 Å². The number of nitrogens with zero attached hydrogens (tertiary/aromatic N) is 2. The maximum atomic E-state index is 11.6. The molecule has 0 radical (unpaired) electrons. The first-order valence-electron chi connectivity index (χ1n) is 5.40. The van der Waals surface area contributed by atoms with Crippen molar-refractivity contribution < 1.29 is 14.7 Å². The van der Waals surface area contributed by atoms with Gasteiger partial charge in [-0.15, -0.1) is 0 Å². The average molecular weight is 234 g/mol. The van der Waals surface area contributed by atoms with Crippen LogP contribution in [0.25, 0.3) is 0 Å². The molecule has 1 N–H and O–H groups in total. The fraction of sp³-hybridized carbons (Fsp3) is 0.333. The zero-order valence-electron chi connectivity index (χ0n) is 9.75. The van der Waals surface area contributed by atoms with Crippen molar-refractivity contribution in [2.75, 3.05) is 12.1 Å². The number of carbonyl (C=O) groups is 2. The quantitative estimate of drug-likeness (QED) is 0.839. The van der Waals surface area contributed by atoms with Crippen molar-refractivity contribution in [1.82, 2.24) is 5.01 Å². The van der Waals surface area contributed by atoms with Gasteiger partial charge in [0.2, 0.25) is 5.91 Å².